The van der Waals surface area contributed by atoms with Gasteiger partial charge in [0.05, 0.1) is 0 Å². The highest BCUT2D eigenvalue weighted by atomic mass is 14.3. The third-order valence-corrected chi connectivity index (χ3v) is 4.76. The highest BCUT2D eigenvalue weighted by molar-refractivity contribution is 5.20. The smallest absolute Gasteiger partial charge is 0.0421 e. The van der Waals surface area contributed by atoms with E-state index in [-0.39, 0.29) is 29.1 Å². The molecule has 24 heavy (non-hydrogen) atoms. The summed E-state index contributed by atoms with van der Waals surface area (Å²) in [7, 11) is 0. The summed E-state index contributed by atoms with van der Waals surface area (Å²) in [6, 6.07) is 0. The lowest BCUT2D eigenvalue weighted by Crippen LogP contribution is -2.24. The third-order valence-electron chi connectivity index (χ3n) is 4.76. The van der Waals surface area contributed by atoms with Crippen molar-refractivity contribution in [1.82, 2.24) is 0 Å². The molecule has 0 saturated heterocycles. The van der Waals surface area contributed by atoms with Gasteiger partial charge in [-0.2, -0.15) is 0 Å². The Morgan fingerprint density at radius 2 is 1.50 bits per heavy atom. The van der Waals surface area contributed by atoms with Gasteiger partial charge in [0.1, 0.15) is 0 Å². The largest absolute Gasteiger partial charge is 0.120 e. The summed E-state index contributed by atoms with van der Waals surface area (Å²) in [4.78, 5) is 0. The Hall–Kier alpha value is -1.76. The van der Waals surface area contributed by atoms with E-state index in [0.29, 0.717) is 5.92 Å². The van der Waals surface area contributed by atoms with Gasteiger partial charge in [0.15, 0.2) is 0 Å². The molecule has 0 bridgehead atoms. The fourth-order valence-corrected chi connectivity index (χ4v) is 2.13. The van der Waals surface area contributed by atoms with Crippen LogP contribution >= 0.6 is 0 Å². The fraction of sp³-hybridized carbons (Fsp3) is 0.667. The molecule has 0 aliphatic rings. The molecule has 0 amide bonds. The van der Waals surface area contributed by atoms with Crippen molar-refractivity contribution >= 4 is 0 Å². The van der Waals surface area contributed by atoms with Crippen molar-refractivity contribution in [3.05, 3.63) is 0 Å². The summed E-state index contributed by atoms with van der Waals surface area (Å²) in [6.07, 6.45) is 13.9. The van der Waals surface area contributed by atoms with Crippen LogP contribution in [-0.2, 0) is 0 Å². The van der Waals surface area contributed by atoms with E-state index in [9.17, 15) is 0 Å². The Morgan fingerprint density at radius 1 is 0.875 bits per heavy atom. The number of hydrogen-bond donors (Lipinski definition) is 0. The van der Waals surface area contributed by atoms with Crippen LogP contribution in [0.3, 0.4) is 0 Å². The van der Waals surface area contributed by atoms with Crippen LogP contribution in [-0.4, -0.2) is 0 Å². The van der Waals surface area contributed by atoms with Crippen LogP contribution in [0.4, 0.5) is 0 Å². The van der Waals surface area contributed by atoms with Gasteiger partial charge in [0.25, 0.3) is 0 Å². The average molecular weight is 323 g/mol. The Kier molecular flexibility index (Phi) is 10.1. The maximum absolute atomic E-state index is 5.53. The molecule has 0 fully saturated rings. The van der Waals surface area contributed by atoms with Gasteiger partial charge in [-0.25, -0.2) is 0 Å². The van der Waals surface area contributed by atoms with Gasteiger partial charge in [0.2, 0.25) is 0 Å². The van der Waals surface area contributed by atoms with Gasteiger partial charge in [-0.1, -0.05) is 52.4 Å². The lowest BCUT2D eigenvalue weighted by molar-refractivity contribution is 0.308. The van der Waals surface area contributed by atoms with E-state index in [4.69, 9.17) is 12.8 Å². The summed E-state index contributed by atoms with van der Waals surface area (Å²) in [5.41, 5.74) is -0.133. The second-order valence-electron chi connectivity index (χ2n) is 7.68. The quantitative estimate of drug-likeness (QED) is 0.555. The molecular formula is C24H34. The first kappa shape index (κ1) is 22.2. The Labute approximate surface area is 151 Å². The van der Waals surface area contributed by atoms with Gasteiger partial charge < -0.3 is 0 Å². The van der Waals surface area contributed by atoms with Gasteiger partial charge in [0, 0.05) is 35.5 Å². The highest BCUT2D eigenvalue weighted by Crippen LogP contribution is 2.33. The zero-order valence-corrected chi connectivity index (χ0v) is 16.7. The monoisotopic (exact) mass is 322 g/mol. The normalized spacial score (nSPS) is 17.6. The summed E-state index contributed by atoms with van der Waals surface area (Å²) < 4.78 is 0. The van der Waals surface area contributed by atoms with Gasteiger partial charge in [-0.15, -0.1) is 30.6 Å². The Bertz CT molecular complexity index is 572. The van der Waals surface area contributed by atoms with Crippen LogP contribution < -0.4 is 0 Å². The summed E-state index contributed by atoms with van der Waals surface area (Å²) in [6.45, 7) is 15.0. The van der Waals surface area contributed by atoms with Crippen LogP contribution in [0.5, 0.6) is 0 Å². The molecule has 0 aliphatic heterocycles. The molecule has 0 N–H and O–H groups in total. The van der Waals surface area contributed by atoms with Crippen molar-refractivity contribution < 1.29 is 0 Å². The molecule has 5 unspecified atom stereocenters. The number of rotatable bonds is 6. The standard InChI is InChI=1S/C24H34/c1-10-20(5)16-18-24(9,17-12-13-19(3)4)23(8)15-14-22(7)21(6)11-2/h1-2,19-23H,13,16,18H2,3-9H3. The molecule has 0 heteroatoms. The molecule has 0 aliphatic carbocycles. The molecule has 0 aromatic heterocycles. The van der Waals surface area contributed by atoms with Crippen LogP contribution in [0.2, 0.25) is 0 Å². The predicted molar refractivity (Wildman–Crippen MR) is 107 cm³/mol. The highest BCUT2D eigenvalue weighted by Gasteiger charge is 2.28. The lowest BCUT2D eigenvalue weighted by atomic mass is 9.74. The second-order valence-corrected chi connectivity index (χ2v) is 7.68. The number of hydrogen-bond acceptors (Lipinski definition) is 0. The van der Waals surface area contributed by atoms with E-state index in [1.165, 1.54) is 0 Å². The molecule has 5 atom stereocenters. The second kappa shape index (κ2) is 10.9. The maximum atomic E-state index is 5.53. The molecule has 0 aromatic carbocycles. The van der Waals surface area contributed by atoms with Crippen molar-refractivity contribution in [3.8, 4) is 48.4 Å². The molecule has 0 radical (unpaired) electrons. The molecule has 0 nitrogen and oxygen atoms in total. The first-order chi connectivity index (χ1) is 11.2. The maximum Gasteiger partial charge on any atom is 0.0421 e. The molecule has 0 rings (SSSR count). The van der Waals surface area contributed by atoms with Crippen LogP contribution in [0.15, 0.2) is 0 Å². The minimum atomic E-state index is -0.133. The van der Waals surface area contributed by atoms with Gasteiger partial charge >= 0.3 is 0 Å². The van der Waals surface area contributed by atoms with Crippen molar-refractivity contribution in [2.45, 2.75) is 67.7 Å². The average Bonchev–Trinajstić information content (AvgIpc) is 2.55. The van der Waals surface area contributed by atoms with E-state index >= 15 is 0 Å². The molecule has 130 valence electrons. The summed E-state index contributed by atoms with van der Waals surface area (Å²) in [5.74, 6) is 20.6. The fourth-order valence-electron chi connectivity index (χ4n) is 2.13. The first-order valence-electron chi connectivity index (χ1n) is 9.09. The molecule has 0 spiro atoms. The number of terminal acetylenes is 2. The van der Waals surface area contributed by atoms with Gasteiger partial charge in [-0.3, -0.25) is 0 Å². The third kappa shape index (κ3) is 8.19. The Balaban J connectivity index is 5.29. The summed E-state index contributed by atoms with van der Waals surface area (Å²) in [5, 5.41) is 0. The zero-order valence-electron chi connectivity index (χ0n) is 16.7. The van der Waals surface area contributed by atoms with Crippen LogP contribution in [0.1, 0.15) is 67.7 Å². The molecule has 0 heterocycles. The van der Waals surface area contributed by atoms with Crippen molar-refractivity contribution in [1.29, 1.82) is 0 Å². The van der Waals surface area contributed by atoms with Crippen molar-refractivity contribution in [2.24, 2.45) is 35.0 Å². The van der Waals surface area contributed by atoms with Crippen LogP contribution in [0, 0.1) is 83.4 Å². The minimum Gasteiger partial charge on any atom is -0.120 e. The van der Waals surface area contributed by atoms with E-state index in [2.05, 4.69) is 77.1 Å². The lowest BCUT2D eigenvalue weighted by Gasteiger charge is -2.28. The van der Waals surface area contributed by atoms with Crippen molar-refractivity contribution in [2.75, 3.05) is 0 Å². The first-order valence-corrected chi connectivity index (χ1v) is 9.09. The van der Waals surface area contributed by atoms with E-state index in [0.717, 1.165) is 19.3 Å². The zero-order chi connectivity index (χ0) is 18.8. The van der Waals surface area contributed by atoms with E-state index in [1.54, 1.807) is 0 Å². The van der Waals surface area contributed by atoms with E-state index in [1.807, 2.05) is 6.92 Å². The van der Waals surface area contributed by atoms with E-state index < -0.39 is 0 Å². The molecular weight excluding hydrogens is 288 g/mol. The van der Waals surface area contributed by atoms with Crippen LogP contribution in [0.25, 0.3) is 0 Å². The topological polar surface area (TPSA) is 0 Å². The SMILES string of the molecule is C#CC(C)CCC(C)(C#CCC(C)C)C(C)C#CC(C)C(C)C#C. The summed E-state index contributed by atoms with van der Waals surface area (Å²) >= 11 is 0. The molecule has 0 saturated carbocycles. The minimum absolute atomic E-state index is 0.133. The van der Waals surface area contributed by atoms with Crippen molar-refractivity contribution in [3.63, 3.8) is 0 Å². The Morgan fingerprint density at radius 3 is 2.00 bits per heavy atom. The predicted octanol–water partition coefficient (Wildman–Crippen LogP) is 5.64. The molecule has 0 aromatic rings. The van der Waals surface area contributed by atoms with Gasteiger partial charge in [-0.05, 0) is 32.6 Å².